The van der Waals surface area contributed by atoms with Gasteiger partial charge in [0, 0.05) is 11.8 Å². The molecule has 138 valence electrons. The second-order valence-corrected chi connectivity index (χ2v) is 4.95. The van der Waals surface area contributed by atoms with Crippen molar-refractivity contribution in [2.24, 2.45) is 0 Å². The molecule has 26 heavy (non-hydrogen) atoms. The Morgan fingerprint density at radius 2 is 1.62 bits per heavy atom. The highest BCUT2D eigenvalue weighted by atomic mass is 16.7. The molecule has 8 nitrogen and oxygen atoms in total. The van der Waals surface area contributed by atoms with Gasteiger partial charge >= 0.3 is 12.2 Å². The molecule has 2 aromatic rings. The van der Waals surface area contributed by atoms with Gasteiger partial charge in [-0.3, -0.25) is 0 Å². The Labute approximate surface area is 151 Å². The number of benzene rings is 2. The lowest BCUT2D eigenvalue weighted by molar-refractivity contribution is 0.104. The molecule has 2 rings (SSSR count). The number of amides is 2. The normalized spacial score (nSPS) is 9.81. The lowest BCUT2D eigenvalue weighted by Crippen LogP contribution is -2.19. The number of hydrogen-bond acceptors (Lipinski definition) is 6. The zero-order valence-corrected chi connectivity index (χ0v) is 14.7. The van der Waals surface area contributed by atoms with Gasteiger partial charge in [-0.15, -0.1) is 0 Å². The van der Waals surface area contributed by atoms with Crippen LogP contribution < -0.4 is 24.8 Å². The molecule has 0 saturated heterocycles. The van der Waals surface area contributed by atoms with Gasteiger partial charge in [0.1, 0.15) is 17.2 Å². The molecule has 0 aromatic heterocycles. The minimum absolute atomic E-state index is 0.230. The molecule has 0 radical (unpaired) electrons. The molecule has 0 fully saturated rings. The van der Waals surface area contributed by atoms with Gasteiger partial charge < -0.3 is 29.6 Å². The number of carbonyl (C=O) groups is 2. The standard InChI is InChI=1S/C18H20N2O6/c1-4-25-18(22)26-13-7-5-12(6-8-13)19-17(21)20-15-10-9-14(23-2)11-16(15)24-3/h5-11H,4H2,1-3H3,(H2,19,20,21). The Kier molecular flexibility index (Phi) is 6.67. The van der Waals surface area contributed by atoms with Gasteiger partial charge in [0.25, 0.3) is 0 Å². The van der Waals surface area contributed by atoms with Crippen LogP contribution in [0.4, 0.5) is 21.0 Å². The van der Waals surface area contributed by atoms with Crippen LogP contribution in [-0.2, 0) is 4.74 Å². The topological polar surface area (TPSA) is 95.1 Å². The maximum absolute atomic E-state index is 12.1. The first-order chi connectivity index (χ1) is 12.5. The van der Waals surface area contributed by atoms with E-state index in [0.29, 0.717) is 28.6 Å². The highest BCUT2D eigenvalue weighted by Crippen LogP contribution is 2.29. The van der Waals surface area contributed by atoms with Crippen molar-refractivity contribution >= 4 is 23.6 Å². The molecular weight excluding hydrogens is 340 g/mol. The van der Waals surface area contributed by atoms with E-state index in [-0.39, 0.29) is 6.61 Å². The van der Waals surface area contributed by atoms with E-state index < -0.39 is 12.2 Å². The molecule has 0 bridgehead atoms. The van der Waals surface area contributed by atoms with Crippen LogP contribution >= 0.6 is 0 Å². The van der Waals surface area contributed by atoms with Crippen LogP contribution in [0.5, 0.6) is 17.2 Å². The van der Waals surface area contributed by atoms with Crippen molar-refractivity contribution < 1.29 is 28.5 Å². The molecule has 0 aliphatic heterocycles. The summed E-state index contributed by atoms with van der Waals surface area (Å²) in [7, 11) is 3.05. The zero-order chi connectivity index (χ0) is 18.9. The Morgan fingerprint density at radius 3 is 2.23 bits per heavy atom. The number of nitrogens with one attached hydrogen (secondary N) is 2. The molecule has 2 aromatic carbocycles. The molecule has 2 N–H and O–H groups in total. The van der Waals surface area contributed by atoms with E-state index in [1.807, 2.05) is 0 Å². The summed E-state index contributed by atoms with van der Waals surface area (Å²) in [6.07, 6.45) is -0.780. The number of carbonyl (C=O) groups excluding carboxylic acids is 2. The fraction of sp³-hybridized carbons (Fsp3) is 0.222. The van der Waals surface area contributed by atoms with Crippen molar-refractivity contribution in [1.29, 1.82) is 0 Å². The predicted octanol–water partition coefficient (Wildman–Crippen LogP) is 3.88. The van der Waals surface area contributed by atoms with Crippen molar-refractivity contribution in [1.82, 2.24) is 0 Å². The minimum Gasteiger partial charge on any atom is -0.497 e. The van der Waals surface area contributed by atoms with Crippen LogP contribution in [0.1, 0.15) is 6.92 Å². The quantitative estimate of drug-likeness (QED) is 0.599. The van der Waals surface area contributed by atoms with E-state index in [1.165, 1.54) is 7.11 Å². The van der Waals surface area contributed by atoms with Gasteiger partial charge in [0.2, 0.25) is 0 Å². The van der Waals surface area contributed by atoms with E-state index in [2.05, 4.69) is 15.4 Å². The summed E-state index contributed by atoms with van der Waals surface area (Å²) >= 11 is 0. The van der Waals surface area contributed by atoms with Gasteiger partial charge in [0.05, 0.1) is 26.5 Å². The van der Waals surface area contributed by atoms with Gasteiger partial charge in [0.15, 0.2) is 0 Å². The average molecular weight is 360 g/mol. The fourth-order valence-corrected chi connectivity index (χ4v) is 2.04. The number of anilines is 2. The van der Waals surface area contributed by atoms with Gasteiger partial charge in [-0.2, -0.15) is 0 Å². The number of hydrogen-bond donors (Lipinski definition) is 2. The number of ether oxygens (including phenoxy) is 4. The predicted molar refractivity (Wildman–Crippen MR) is 96.3 cm³/mol. The SMILES string of the molecule is CCOC(=O)Oc1ccc(NC(=O)Nc2ccc(OC)cc2OC)cc1. The Bertz CT molecular complexity index is 761. The molecule has 0 atom stereocenters. The van der Waals surface area contributed by atoms with Crippen LogP contribution in [0, 0.1) is 0 Å². The average Bonchev–Trinajstić information content (AvgIpc) is 2.63. The summed E-state index contributed by atoms with van der Waals surface area (Å²) < 4.78 is 20.0. The molecule has 2 amide bonds. The number of methoxy groups -OCH3 is 2. The van der Waals surface area contributed by atoms with Crippen LogP contribution in [0.3, 0.4) is 0 Å². The highest BCUT2D eigenvalue weighted by Gasteiger charge is 2.10. The van der Waals surface area contributed by atoms with Crippen LogP contribution in [0.2, 0.25) is 0 Å². The van der Waals surface area contributed by atoms with Crippen molar-refractivity contribution in [2.75, 3.05) is 31.5 Å². The lowest BCUT2D eigenvalue weighted by Gasteiger charge is -2.12. The third-order valence-corrected chi connectivity index (χ3v) is 3.23. The van der Waals surface area contributed by atoms with Gasteiger partial charge in [-0.05, 0) is 43.3 Å². The summed E-state index contributed by atoms with van der Waals surface area (Å²) in [5, 5.41) is 5.36. The van der Waals surface area contributed by atoms with E-state index in [0.717, 1.165) is 0 Å². The number of rotatable bonds is 6. The maximum Gasteiger partial charge on any atom is 0.513 e. The Morgan fingerprint density at radius 1 is 0.923 bits per heavy atom. The van der Waals surface area contributed by atoms with Gasteiger partial charge in [-0.25, -0.2) is 9.59 Å². The summed E-state index contributed by atoms with van der Waals surface area (Å²) in [5.41, 5.74) is 1.01. The van der Waals surface area contributed by atoms with E-state index in [4.69, 9.17) is 14.2 Å². The summed E-state index contributed by atoms with van der Waals surface area (Å²) in [6, 6.07) is 10.9. The Hall–Kier alpha value is -3.42. The third kappa shape index (κ3) is 5.30. The smallest absolute Gasteiger partial charge is 0.497 e. The first-order valence-electron chi connectivity index (χ1n) is 7.80. The summed E-state index contributed by atoms with van der Waals surface area (Å²) in [4.78, 5) is 23.4. The van der Waals surface area contributed by atoms with Gasteiger partial charge in [-0.1, -0.05) is 0 Å². The molecule has 0 heterocycles. The molecule has 0 unspecified atom stereocenters. The zero-order valence-electron chi connectivity index (χ0n) is 14.7. The maximum atomic E-state index is 12.1. The van der Waals surface area contributed by atoms with Crippen molar-refractivity contribution in [2.45, 2.75) is 6.92 Å². The minimum atomic E-state index is -0.780. The highest BCUT2D eigenvalue weighted by molar-refractivity contribution is 6.00. The van der Waals surface area contributed by atoms with Crippen LogP contribution in [0.25, 0.3) is 0 Å². The second-order valence-electron chi connectivity index (χ2n) is 4.95. The lowest BCUT2D eigenvalue weighted by atomic mass is 10.2. The Balaban J connectivity index is 1.96. The monoisotopic (exact) mass is 360 g/mol. The van der Waals surface area contributed by atoms with E-state index in [9.17, 15) is 9.59 Å². The summed E-state index contributed by atoms with van der Waals surface area (Å²) in [5.74, 6) is 1.40. The molecular formula is C18H20N2O6. The fourth-order valence-electron chi connectivity index (χ4n) is 2.04. The van der Waals surface area contributed by atoms with E-state index in [1.54, 1.807) is 56.5 Å². The van der Waals surface area contributed by atoms with Crippen molar-refractivity contribution in [3.8, 4) is 17.2 Å². The van der Waals surface area contributed by atoms with Crippen LogP contribution in [0.15, 0.2) is 42.5 Å². The molecule has 0 aliphatic carbocycles. The molecule has 8 heteroatoms. The van der Waals surface area contributed by atoms with Crippen molar-refractivity contribution in [3.05, 3.63) is 42.5 Å². The second kappa shape index (κ2) is 9.16. The third-order valence-electron chi connectivity index (χ3n) is 3.23. The summed E-state index contributed by atoms with van der Waals surface area (Å²) in [6.45, 7) is 1.91. The molecule has 0 saturated carbocycles. The van der Waals surface area contributed by atoms with E-state index >= 15 is 0 Å². The first-order valence-corrected chi connectivity index (χ1v) is 7.80. The largest absolute Gasteiger partial charge is 0.513 e. The molecule has 0 spiro atoms. The van der Waals surface area contributed by atoms with Crippen molar-refractivity contribution in [3.63, 3.8) is 0 Å². The van der Waals surface area contributed by atoms with Crippen LogP contribution in [-0.4, -0.2) is 33.0 Å². The molecule has 0 aliphatic rings. The first kappa shape index (κ1) is 18.9. The number of urea groups is 1.